The van der Waals surface area contributed by atoms with Gasteiger partial charge in [-0.25, -0.2) is 0 Å². The molecule has 3 nitrogen and oxygen atoms in total. The van der Waals surface area contributed by atoms with Crippen LogP contribution < -0.4 is 5.73 Å². The van der Waals surface area contributed by atoms with Crippen LogP contribution in [0.3, 0.4) is 0 Å². The number of hydrogen-bond donors (Lipinski definition) is 1. The number of hydrogen-bond acceptors (Lipinski definition) is 3. The monoisotopic (exact) mass is 143 g/mol. The average Bonchev–Trinajstić information content (AvgIpc) is 2.61. The molecule has 0 aliphatic heterocycles. The first-order valence-electron chi connectivity index (χ1n) is 3.52. The van der Waals surface area contributed by atoms with E-state index in [-0.39, 0.29) is 5.97 Å². The molecule has 58 valence electrons. The maximum atomic E-state index is 10.9. The zero-order valence-electron chi connectivity index (χ0n) is 6.39. The molecule has 0 radical (unpaired) electrons. The molecular weight excluding hydrogens is 130 g/mol. The number of ether oxygens (including phenoxy) is 1. The minimum absolute atomic E-state index is 0.264. The Morgan fingerprint density at radius 2 is 2.50 bits per heavy atom. The summed E-state index contributed by atoms with van der Waals surface area (Å²) in [5.74, 6) is 0.0827. The minimum Gasteiger partial charge on any atom is -0.468 e. The predicted octanol–water partition coefficient (Wildman–Crippen LogP) is 0.287. The molecule has 0 aromatic heterocycles. The van der Waals surface area contributed by atoms with E-state index in [0.717, 1.165) is 12.8 Å². The minimum atomic E-state index is -0.635. The summed E-state index contributed by atoms with van der Waals surface area (Å²) >= 11 is 0. The van der Waals surface area contributed by atoms with E-state index in [4.69, 9.17) is 5.73 Å². The molecule has 1 rings (SSSR count). The molecule has 1 aliphatic carbocycles. The Labute approximate surface area is 60.5 Å². The van der Waals surface area contributed by atoms with E-state index in [1.54, 1.807) is 0 Å². The second kappa shape index (κ2) is 2.23. The summed E-state index contributed by atoms with van der Waals surface area (Å²) in [5, 5.41) is 0. The SMILES string of the molecule is CCC1C[C@]1(N)C(=O)OC. The Morgan fingerprint density at radius 3 is 2.80 bits per heavy atom. The summed E-state index contributed by atoms with van der Waals surface area (Å²) in [7, 11) is 1.38. The van der Waals surface area contributed by atoms with E-state index in [0.29, 0.717) is 5.92 Å². The summed E-state index contributed by atoms with van der Waals surface area (Å²) in [6, 6.07) is 0. The van der Waals surface area contributed by atoms with Gasteiger partial charge in [0, 0.05) is 0 Å². The van der Waals surface area contributed by atoms with E-state index >= 15 is 0 Å². The molecule has 1 saturated carbocycles. The molecular formula is C7H13NO2. The lowest BCUT2D eigenvalue weighted by Gasteiger charge is -2.06. The van der Waals surface area contributed by atoms with Crippen LogP contribution in [0.4, 0.5) is 0 Å². The Balaban J connectivity index is 2.50. The number of carbonyl (C=O) groups is 1. The summed E-state index contributed by atoms with van der Waals surface area (Å²) in [4.78, 5) is 10.9. The second-order valence-electron chi connectivity index (χ2n) is 2.84. The van der Waals surface area contributed by atoms with Gasteiger partial charge < -0.3 is 10.5 Å². The van der Waals surface area contributed by atoms with Crippen molar-refractivity contribution in [1.29, 1.82) is 0 Å². The van der Waals surface area contributed by atoms with Crippen LogP contribution in [0, 0.1) is 5.92 Å². The van der Waals surface area contributed by atoms with E-state index in [1.807, 2.05) is 6.92 Å². The van der Waals surface area contributed by atoms with Crippen molar-refractivity contribution in [3.8, 4) is 0 Å². The van der Waals surface area contributed by atoms with Gasteiger partial charge in [0.1, 0.15) is 5.54 Å². The first-order valence-corrected chi connectivity index (χ1v) is 3.52. The fourth-order valence-electron chi connectivity index (χ4n) is 1.30. The Hall–Kier alpha value is -0.570. The molecule has 3 heteroatoms. The molecule has 2 N–H and O–H groups in total. The van der Waals surface area contributed by atoms with E-state index in [2.05, 4.69) is 4.74 Å². The van der Waals surface area contributed by atoms with Crippen molar-refractivity contribution in [3.63, 3.8) is 0 Å². The summed E-state index contributed by atoms with van der Waals surface area (Å²) < 4.78 is 4.55. The summed E-state index contributed by atoms with van der Waals surface area (Å²) in [5.41, 5.74) is 5.05. The molecule has 10 heavy (non-hydrogen) atoms. The third-order valence-corrected chi connectivity index (χ3v) is 2.21. The van der Waals surface area contributed by atoms with Crippen LogP contribution in [-0.2, 0) is 9.53 Å². The molecule has 1 aliphatic rings. The smallest absolute Gasteiger partial charge is 0.326 e. The molecule has 1 fully saturated rings. The van der Waals surface area contributed by atoms with Crippen LogP contribution in [-0.4, -0.2) is 18.6 Å². The second-order valence-corrected chi connectivity index (χ2v) is 2.84. The molecule has 0 bridgehead atoms. The number of esters is 1. The van der Waals surface area contributed by atoms with Gasteiger partial charge in [-0.15, -0.1) is 0 Å². The van der Waals surface area contributed by atoms with Crippen LogP contribution in [0.25, 0.3) is 0 Å². The zero-order valence-corrected chi connectivity index (χ0v) is 6.39. The van der Waals surface area contributed by atoms with Gasteiger partial charge in [0.15, 0.2) is 0 Å². The molecule has 0 aromatic rings. The highest BCUT2D eigenvalue weighted by Crippen LogP contribution is 2.43. The highest BCUT2D eigenvalue weighted by atomic mass is 16.5. The Bertz CT molecular complexity index is 158. The summed E-state index contributed by atoms with van der Waals surface area (Å²) in [6.45, 7) is 2.03. The third kappa shape index (κ3) is 0.904. The fourth-order valence-corrected chi connectivity index (χ4v) is 1.30. The van der Waals surface area contributed by atoms with Crippen molar-refractivity contribution in [2.45, 2.75) is 25.3 Å². The number of rotatable bonds is 2. The van der Waals surface area contributed by atoms with Gasteiger partial charge in [0.25, 0.3) is 0 Å². The molecule has 1 unspecified atom stereocenters. The molecule has 0 amide bonds. The predicted molar refractivity (Wildman–Crippen MR) is 37.3 cm³/mol. The van der Waals surface area contributed by atoms with Gasteiger partial charge in [0.2, 0.25) is 0 Å². The highest BCUT2D eigenvalue weighted by molar-refractivity contribution is 5.84. The van der Waals surface area contributed by atoms with Crippen molar-refractivity contribution in [2.24, 2.45) is 11.7 Å². The largest absolute Gasteiger partial charge is 0.468 e. The standard InChI is InChI=1S/C7H13NO2/c1-3-5-4-7(5,8)6(9)10-2/h5H,3-4,8H2,1-2H3/t5?,7-/m1/s1. The molecule has 0 heterocycles. The molecule has 0 spiro atoms. The quantitative estimate of drug-likeness (QED) is 0.565. The van der Waals surface area contributed by atoms with Crippen LogP contribution in [0.5, 0.6) is 0 Å². The maximum Gasteiger partial charge on any atom is 0.326 e. The highest BCUT2D eigenvalue weighted by Gasteiger charge is 2.56. The van der Waals surface area contributed by atoms with Crippen LogP contribution in [0.1, 0.15) is 19.8 Å². The lowest BCUT2D eigenvalue weighted by molar-refractivity contribution is -0.143. The topological polar surface area (TPSA) is 52.3 Å². The van der Waals surface area contributed by atoms with E-state index in [9.17, 15) is 4.79 Å². The van der Waals surface area contributed by atoms with E-state index in [1.165, 1.54) is 7.11 Å². The van der Waals surface area contributed by atoms with Crippen molar-refractivity contribution in [3.05, 3.63) is 0 Å². The van der Waals surface area contributed by atoms with Gasteiger partial charge in [0.05, 0.1) is 7.11 Å². The number of nitrogens with two attached hydrogens (primary N) is 1. The van der Waals surface area contributed by atoms with Gasteiger partial charge in [-0.3, -0.25) is 4.79 Å². The van der Waals surface area contributed by atoms with Crippen LogP contribution >= 0.6 is 0 Å². The number of methoxy groups -OCH3 is 1. The first-order chi connectivity index (χ1) is 4.65. The average molecular weight is 143 g/mol. The fraction of sp³-hybridized carbons (Fsp3) is 0.857. The van der Waals surface area contributed by atoms with Gasteiger partial charge >= 0.3 is 5.97 Å². The molecule has 0 saturated heterocycles. The normalized spacial score (nSPS) is 37.3. The van der Waals surface area contributed by atoms with E-state index < -0.39 is 5.54 Å². The van der Waals surface area contributed by atoms with Crippen molar-refractivity contribution < 1.29 is 9.53 Å². The lowest BCUT2D eigenvalue weighted by Crippen LogP contribution is -2.36. The first kappa shape index (κ1) is 7.54. The van der Waals surface area contributed by atoms with Gasteiger partial charge in [-0.1, -0.05) is 13.3 Å². The molecule has 2 atom stereocenters. The Morgan fingerprint density at radius 1 is 1.90 bits per heavy atom. The van der Waals surface area contributed by atoms with Crippen molar-refractivity contribution >= 4 is 5.97 Å². The van der Waals surface area contributed by atoms with Crippen molar-refractivity contribution in [2.75, 3.05) is 7.11 Å². The van der Waals surface area contributed by atoms with Gasteiger partial charge in [-0.2, -0.15) is 0 Å². The summed E-state index contributed by atoms with van der Waals surface area (Å²) in [6.07, 6.45) is 1.75. The molecule has 0 aromatic carbocycles. The maximum absolute atomic E-state index is 10.9. The third-order valence-electron chi connectivity index (χ3n) is 2.21. The van der Waals surface area contributed by atoms with Gasteiger partial charge in [-0.05, 0) is 12.3 Å². The lowest BCUT2D eigenvalue weighted by atomic mass is 10.2. The van der Waals surface area contributed by atoms with Crippen molar-refractivity contribution in [1.82, 2.24) is 0 Å². The number of carbonyl (C=O) groups excluding carboxylic acids is 1. The Kier molecular flexibility index (Phi) is 1.68. The van der Waals surface area contributed by atoms with Crippen LogP contribution in [0.2, 0.25) is 0 Å². The van der Waals surface area contributed by atoms with Crippen LogP contribution in [0.15, 0.2) is 0 Å². The zero-order chi connectivity index (χ0) is 7.78.